The second-order valence-corrected chi connectivity index (χ2v) is 17.5. The largest absolute Gasteiger partial charge is 0.417 e. The van der Waals surface area contributed by atoms with Crippen LogP contribution < -0.4 is 0 Å². The minimum absolute atomic E-state index is 0.204. The molecule has 0 radical (unpaired) electrons. The van der Waals surface area contributed by atoms with Crippen LogP contribution in [0.5, 0.6) is 0 Å². The summed E-state index contributed by atoms with van der Waals surface area (Å²) in [5, 5.41) is 0. The molecular formula is C25H12F3I6S2+. The molecule has 0 saturated carbocycles. The van der Waals surface area contributed by atoms with E-state index in [0.717, 1.165) is 30.3 Å². The highest BCUT2D eigenvalue weighted by Gasteiger charge is 2.38. The molecule has 0 aliphatic heterocycles. The molecule has 36 heavy (non-hydrogen) atoms. The monoisotopic (exact) mass is 1190 g/mol. The van der Waals surface area contributed by atoms with Crippen LogP contribution in [-0.2, 0) is 17.1 Å². The third-order valence-corrected chi connectivity index (χ3v) is 15.6. The smallest absolute Gasteiger partial charge is 0.166 e. The summed E-state index contributed by atoms with van der Waals surface area (Å²) in [5.74, 6) is 0. The van der Waals surface area contributed by atoms with Gasteiger partial charge < -0.3 is 0 Å². The minimum Gasteiger partial charge on any atom is -0.166 e. The minimum atomic E-state index is -4.41. The molecule has 186 valence electrons. The van der Waals surface area contributed by atoms with Crippen LogP contribution in [0.4, 0.5) is 13.2 Å². The number of hydrogen-bond acceptors (Lipinski definition) is 1. The molecule has 4 aromatic rings. The lowest BCUT2D eigenvalue weighted by molar-refractivity contribution is -0.138. The summed E-state index contributed by atoms with van der Waals surface area (Å²) < 4.78 is 47.5. The molecule has 0 saturated heterocycles. The Morgan fingerprint density at radius 3 is 1.81 bits per heavy atom. The highest BCUT2D eigenvalue weighted by molar-refractivity contribution is 14.1. The molecule has 0 nitrogen and oxygen atoms in total. The van der Waals surface area contributed by atoms with Crippen molar-refractivity contribution in [3.05, 3.63) is 99.8 Å². The fourth-order valence-electron chi connectivity index (χ4n) is 3.23. The first-order valence-electron chi connectivity index (χ1n) is 9.92. The van der Waals surface area contributed by atoms with Crippen LogP contribution in [0.3, 0.4) is 0 Å². The van der Waals surface area contributed by atoms with Gasteiger partial charge in [-0.3, -0.25) is 0 Å². The molecule has 0 bridgehead atoms. The Kier molecular flexibility index (Phi) is 11.2. The maximum Gasteiger partial charge on any atom is 0.417 e. The second kappa shape index (κ2) is 13.2. The highest BCUT2D eigenvalue weighted by atomic mass is 127. The normalized spacial score (nSPS) is 12.6. The standard InChI is InChI=1S/C25H12F3I6S2/c26-25(27,28)17-10-16(6-8-18(17)30)36(15-4-1-13(29)2-5-15)24-12-22(34)21(33)11-23(24)35-14-3-7-19(31)20(32)9-14/h1-12H/q+1. The fourth-order valence-corrected chi connectivity index (χ4v) is 10.0. The number of rotatable bonds is 5. The molecule has 4 rings (SSSR count). The van der Waals surface area contributed by atoms with E-state index in [-0.39, 0.29) is 3.57 Å². The molecular weight excluding hydrogens is 1180 g/mol. The van der Waals surface area contributed by atoms with Gasteiger partial charge in [-0.25, -0.2) is 0 Å². The highest BCUT2D eigenvalue weighted by Crippen LogP contribution is 2.44. The zero-order valence-corrected chi connectivity index (χ0v) is 32.2. The quantitative estimate of drug-likeness (QED) is 0.142. The summed E-state index contributed by atoms with van der Waals surface area (Å²) in [6.07, 6.45) is -4.41. The van der Waals surface area contributed by atoms with Gasteiger partial charge >= 0.3 is 6.18 Å². The molecule has 1 unspecified atom stereocenters. The van der Waals surface area contributed by atoms with Gasteiger partial charge in [-0.2, -0.15) is 13.2 Å². The topological polar surface area (TPSA) is 0 Å². The van der Waals surface area contributed by atoms with Gasteiger partial charge in [0.2, 0.25) is 0 Å². The summed E-state index contributed by atoms with van der Waals surface area (Å²) in [5.41, 5.74) is -0.592. The van der Waals surface area contributed by atoms with Crippen molar-refractivity contribution in [1.29, 1.82) is 0 Å². The number of benzene rings is 4. The average molecular weight is 1190 g/mol. The van der Waals surface area contributed by atoms with E-state index in [9.17, 15) is 13.2 Å². The van der Waals surface area contributed by atoms with E-state index < -0.39 is 22.6 Å². The van der Waals surface area contributed by atoms with Crippen molar-refractivity contribution < 1.29 is 13.2 Å². The second-order valence-electron chi connectivity index (χ2n) is 7.29. The van der Waals surface area contributed by atoms with Crippen LogP contribution in [0, 0.1) is 21.4 Å². The van der Waals surface area contributed by atoms with E-state index in [1.807, 2.05) is 30.3 Å². The summed E-state index contributed by atoms with van der Waals surface area (Å²) in [6, 6.07) is 23.5. The Morgan fingerprint density at radius 1 is 0.583 bits per heavy atom. The molecule has 11 heteroatoms. The molecule has 1 atom stereocenters. The van der Waals surface area contributed by atoms with Gasteiger partial charge in [0.05, 0.1) is 10.5 Å². The Labute approximate surface area is 296 Å². The zero-order valence-electron chi connectivity index (χ0n) is 17.6. The van der Waals surface area contributed by atoms with E-state index in [4.69, 9.17) is 0 Å². The molecule has 0 N–H and O–H groups in total. The predicted octanol–water partition coefficient (Wildman–Crippen LogP) is 11.6. The Hall–Kier alpha value is 1.75. The summed E-state index contributed by atoms with van der Waals surface area (Å²) in [6.45, 7) is 0. The number of hydrogen-bond donors (Lipinski definition) is 0. The number of alkyl halides is 3. The van der Waals surface area contributed by atoms with E-state index >= 15 is 0 Å². The number of halogens is 9. The van der Waals surface area contributed by atoms with Crippen molar-refractivity contribution in [2.24, 2.45) is 0 Å². The molecule has 0 spiro atoms. The van der Waals surface area contributed by atoms with E-state index in [2.05, 4.69) is 143 Å². The molecule has 0 aliphatic rings. The van der Waals surface area contributed by atoms with Gasteiger partial charge in [-0.05, 0) is 196 Å². The lowest BCUT2D eigenvalue weighted by Crippen LogP contribution is -2.12. The van der Waals surface area contributed by atoms with Crippen LogP contribution in [0.1, 0.15) is 5.56 Å². The molecule has 0 heterocycles. The zero-order chi connectivity index (χ0) is 26.2. The van der Waals surface area contributed by atoms with E-state index in [0.29, 0.717) is 4.90 Å². The van der Waals surface area contributed by atoms with Crippen molar-refractivity contribution >= 4 is 158 Å². The first-order chi connectivity index (χ1) is 16.9. The third kappa shape index (κ3) is 7.52. The van der Waals surface area contributed by atoms with E-state index in [1.165, 1.54) is 13.2 Å². The van der Waals surface area contributed by atoms with Gasteiger partial charge in [-0.1, -0.05) is 11.8 Å². The summed E-state index contributed by atoms with van der Waals surface area (Å²) >= 11 is 15.0. The van der Waals surface area contributed by atoms with Crippen LogP contribution >= 0.6 is 147 Å². The van der Waals surface area contributed by atoms with Crippen LogP contribution in [-0.4, -0.2) is 0 Å². The molecule has 4 aromatic carbocycles. The third-order valence-electron chi connectivity index (χ3n) is 4.85. The van der Waals surface area contributed by atoms with Gasteiger partial charge in [-0.15, -0.1) is 0 Å². The van der Waals surface area contributed by atoms with E-state index in [1.54, 1.807) is 40.4 Å². The van der Waals surface area contributed by atoms with Crippen LogP contribution in [0.25, 0.3) is 0 Å². The fraction of sp³-hybridized carbons (Fsp3) is 0.0400. The first-order valence-corrected chi connectivity index (χ1v) is 18.4. The van der Waals surface area contributed by atoms with Crippen molar-refractivity contribution in [2.45, 2.75) is 30.7 Å². The van der Waals surface area contributed by atoms with Gasteiger partial charge in [0.1, 0.15) is 10.9 Å². The summed E-state index contributed by atoms with van der Waals surface area (Å²) in [4.78, 5) is 4.81. The molecule has 0 fully saturated rings. The lowest BCUT2D eigenvalue weighted by atomic mass is 10.2. The van der Waals surface area contributed by atoms with Crippen molar-refractivity contribution in [2.75, 3.05) is 0 Å². The molecule has 0 aromatic heterocycles. The Bertz CT molecular complexity index is 1420. The SMILES string of the molecule is FC(F)(F)c1cc([S+](c2ccc(I)cc2)c2cc(I)c(I)cc2Sc2ccc(I)c(I)c2)ccc1I. The van der Waals surface area contributed by atoms with Crippen molar-refractivity contribution in [3.63, 3.8) is 0 Å². The average Bonchev–Trinajstić information content (AvgIpc) is 2.81. The molecule has 0 amide bonds. The van der Waals surface area contributed by atoms with Gasteiger partial charge in [0, 0.05) is 38.4 Å². The summed E-state index contributed by atoms with van der Waals surface area (Å²) in [7, 11) is -0.729. The van der Waals surface area contributed by atoms with Gasteiger partial charge in [0.15, 0.2) is 14.7 Å². The predicted molar refractivity (Wildman–Crippen MR) is 193 cm³/mol. The van der Waals surface area contributed by atoms with Crippen LogP contribution in [0.15, 0.2) is 97.3 Å². The first kappa shape index (κ1) is 30.7. The Morgan fingerprint density at radius 2 is 1.17 bits per heavy atom. The Balaban J connectivity index is 1.95. The maximum absolute atomic E-state index is 13.9. The van der Waals surface area contributed by atoms with Crippen molar-refractivity contribution in [3.8, 4) is 0 Å². The molecule has 0 aliphatic carbocycles. The van der Waals surface area contributed by atoms with Crippen LogP contribution in [0.2, 0.25) is 0 Å². The lowest BCUT2D eigenvalue weighted by Gasteiger charge is -2.16. The van der Waals surface area contributed by atoms with Crippen molar-refractivity contribution in [1.82, 2.24) is 0 Å². The maximum atomic E-state index is 13.9. The van der Waals surface area contributed by atoms with Gasteiger partial charge in [0.25, 0.3) is 0 Å².